The van der Waals surface area contributed by atoms with Gasteiger partial charge in [-0.15, -0.1) is 24.0 Å². The maximum absolute atomic E-state index is 12.1. The third-order valence-corrected chi connectivity index (χ3v) is 4.20. The van der Waals surface area contributed by atoms with Gasteiger partial charge in [0.25, 0.3) is 0 Å². The SMILES string of the molecule is CCc1cccc(NC(=O)CNC(=NC)NC2CCCCC2)c1.I. The number of rotatable bonds is 5. The predicted molar refractivity (Wildman–Crippen MR) is 111 cm³/mol. The number of hydrogen-bond donors (Lipinski definition) is 3. The van der Waals surface area contributed by atoms with E-state index in [9.17, 15) is 4.79 Å². The highest BCUT2D eigenvalue weighted by Gasteiger charge is 2.14. The van der Waals surface area contributed by atoms with E-state index in [1.165, 1.54) is 37.7 Å². The summed E-state index contributed by atoms with van der Waals surface area (Å²) in [5, 5.41) is 9.41. The van der Waals surface area contributed by atoms with Crippen molar-refractivity contribution >= 4 is 41.5 Å². The summed E-state index contributed by atoms with van der Waals surface area (Å²) in [6.07, 6.45) is 7.17. The second-order valence-electron chi connectivity index (χ2n) is 6.01. The van der Waals surface area contributed by atoms with Crippen LogP contribution in [0.5, 0.6) is 0 Å². The lowest BCUT2D eigenvalue weighted by Crippen LogP contribution is -2.46. The van der Waals surface area contributed by atoms with Gasteiger partial charge in [0.2, 0.25) is 5.91 Å². The first kappa shape index (κ1) is 20.7. The molecule has 0 aromatic heterocycles. The fourth-order valence-corrected chi connectivity index (χ4v) is 2.87. The molecule has 0 saturated heterocycles. The highest BCUT2D eigenvalue weighted by Crippen LogP contribution is 2.17. The summed E-state index contributed by atoms with van der Waals surface area (Å²) < 4.78 is 0. The van der Waals surface area contributed by atoms with Crippen LogP contribution in [-0.4, -0.2) is 31.5 Å². The first-order valence-electron chi connectivity index (χ1n) is 8.57. The number of nitrogens with zero attached hydrogens (tertiary/aromatic N) is 1. The highest BCUT2D eigenvalue weighted by atomic mass is 127. The standard InChI is InChI=1S/C18H28N4O.HI/c1-3-14-8-7-11-16(12-14)21-17(23)13-20-18(19-2)22-15-9-5-4-6-10-15;/h7-8,11-12,15H,3-6,9-10,13H2,1-2H3,(H,21,23)(H2,19,20,22);1H. The molecule has 134 valence electrons. The summed E-state index contributed by atoms with van der Waals surface area (Å²) in [6.45, 7) is 2.31. The topological polar surface area (TPSA) is 65.5 Å². The molecular weight excluding hydrogens is 415 g/mol. The first-order valence-corrected chi connectivity index (χ1v) is 8.57. The van der Waals surface area contributed by atoms with Crippen molar-refractivity contribution in [2.45, 2.75) is 51.5 Å². The van der Waals surface area contributed by atoms with E-state index in [0.717, 1.165) is 12.1 Å². The average molecular weight is 444 g/mol. The number of hydrogen-bond acceptors (Lipinski definition) is 2. The number of halogens is 1. The molecule has 1 fully saturated rings. The zero-order chi connectivity index (χ0) is 16.5. The fourth-order valence-electron chi connectivity index (χ4n) is 2.87. The molecular formula is C18H29IN4O. The number of guanidine groups is 1. The van der Waals surface area contributed by atoms with Crippen molar-refractivity contribution in [3.8, 4) is 0 Å². The van der Waals surface area contributed by atoms with E-state index in [-0.39, 0.29) is 36.4 Å². The Hall–Kier alpha value is -1.31. The predicted octanol–water partition coefficient (Wildman–Crippen LogP) is 3.30. The lowest BCUT2D eigenvalue weighted by Gasteiger charge is -2.24. The Morgan fingerprint density at radius 1 is 1.25 bits per heavy atom. The van der Waals surface area contributed by atoms with Gasteiger partial charge in [0.05, 0.1) is 6.54 Å². The summed E-state index contributed by atoms with van der Waals surface area (Å²) in [5.41, 5.74) is 2.05. The van der Waals surface area contributed by atoms with Gasteiger partial charge in [-0.25, -0.2) is 0 Å². The Labute approximate surface area is 162 Å². The number of anilines is 1. The summed E-state index contributed by atoms with van der Waals surface area (Å²) in [4.78, 5) is 16.3. The minimum atomic E-state index is -0.0650. The smallest absolute Gasteiger partial charge is 0.243 e. The summed E-state index contributed by atoms with van der Waals surface area (Å²) in [5.74, 6) is 0.638. The van der Waals surface area contributed by atoms with Crippen LogP contribution in [0.3, 0.4) is 0 Å². The molecule has 1 aliphatic rings. The van der Waals surface area contributed by atoms with Crippen molar-refractivity contribution in [2.24, 2.45) is 4.99 Å². The zero-order valence-corrected chi connectivity index (χ0v) is 16.9. The lowest BCUT2D eigenvalue weighted by atomic mass is 9.96. The van der Waals surface area contributed by atoms with Crippen LogP contribution in [0.15, 0.2) is 29.3 Å². The molecule has 0 radical (unpaired) electrons. The zero-order valence-electron chi connectivity index (χ0n) is 14.6. The minimum Gasteiger partial charge on any atom is -0.354 e. The Morgan fingerprint density at radius 3 is 2.67 bits per heavy atom. The molecule has 1 aromatic rings. The number of aliphatic imine (C=N–C) groups is 1. The number of carbonyl (C=O) groups is 1. The van der Waals surface area contributed by atoms with Gasteiger partial charge in [-0.3, -0.25) is 9.79 Å². The first-order chi connectivity index (χ1) is 11.2. The van der Waals surface area contributed by atoms with Crippen LogP contribution < -0.4 is 16.0 Å². The maximum Gasteiger partial charge on any atom is 0.243 e. The monoisotopic (exact) mass is 444 g/mol. The molecule has 0 unspecified atom stereocenters. The van der Waals surface area contributed by atoms with Gasteiger partial charge in [-0.05, 0) is 37.0 Å². The van der Waals surface area contributed by atoms with Gasteiger partial charge in [-0.2, -0.15) is 0 Å². The fraction of sp³-hybridized carbons (Fsp3) is 0.556. The summed E-state index contributed by atoms with van der Waals surface area (Å²) >= 11 is 0. The Balaban J connectivity index is 0.00000288. The second-order valence-corrected chi connectivity index (χ2v) is 6.01. The second kappa shape index (κ2) is 11.3. The van der Waals surface area contributed by atoms with Crippen molar-refractivity contribution in [1.82, 2.24) is 10.6 Å². The van der Waals surface area contributed by atoms with Gasteiger partial charge in [-0.1, -0.05) is 38.3 Å². The molecule has 1 aliphatic carbocycles. The van der Waals surface area contributed by atoms with Gasteiger partial charge in [0.1, 0.15) is 0 Å². The molecule has 0 bridgehead atoms. The van der Waals surface area contributed by atoms with E-state index < -0.39 is 0 Å². The van der Waals surface area contributed by atoms with Gasteiger partial charge in [0, 0.05) is 18.8 Å². The van der Waals surface area contributed by atoms with Crippen molar-refractivity contribution in [3.05, 3.63) is 29.8 Å². The number of nitrogens with one attached hydrogen (secondary N) is 3. The normalized spacial score (nSPS) is 15.3. The van der Waals surface area contributed by atoms with Gasteiger partial charge in [0.15, 0.2) is 5.96 Å². The Kier molecular flexibility index (Phi) is 9.75. The van der Waals surface area contributed by atoms with Crippen LogP contribution in [0.1, 0.15) is 44.6 Å². The van der Waals surface area contributed by atoms with Crippen LogP contribution in [0.25, 0.3) is 0 Å². The number of amides is 1. The van der Waals surface area contributed by atoms with Crippen LogP contribution in [-0.2, 0) is 11.2 Å². The Morgan fingerprint density at radius 2 is 2.00 bits per heavy atom. The molecule has 0 spiro atoms. The van der Waals surface area contributed by atoms with Crippen molar-refractivity contribution in [1.29, 1.82) is 0 Å². The quantitative estimate of drug-likeness (QED) is 0.371. The van der Waals surface area contributed by atoms with Crippen molar-refractivity contribution in [2.75, 3.05) is 18.9 Å². The molecule has 3 N–H and O–H groups in total. The molecule has 0 aliphatic heterocycles. The molecule has 6 heteroatoms. The summed E-state index contributed by atoms with van der Waals surface area (Å²) in [7, 11) is 1.74. The van der Waals surface area contributed by atoms with E-state index in [1.54, 1.807) is 7.05 Å². The highest BCUT2D eigenvalue weighted by molar-refractivity contribution is 14.0. The largest absolute Gasteiger partial charge is 0.354 e. The number of benzene rings is 1. The molecule has 0 heterocycles. The van der Waals surface area contributed by atoms with Crippen LogP contribution in [0.2, 0.25) is 0 Å². The minimum absolute atomic E-state index is 0. The third kappa shape index (κ3) is 7.07. The van der Waals surface area contributed by atoms with E-state index in [1.807, 2.05) is 18.2 Å². The molecule has 2 rings (SSSR count). The summed E-state index contributed by atoms with van der Waals surface area (Å²) in [6, 6.07) is 8.41. The van der Waals surface area contributed by atoms with E-state index in [4.69, 9.17) is 0 Å². The van der Waals surface area contributed by atoms with Crippen LogP contribution >= 0.6 is 24.0 Å². The third-order valence-electron chi connectivity index (χ3n) is 4.20. The molecule has 1 saturated carbocycles. The maximum atomic E-state index is 12.1. The van der Waals surface area contributed by atoms with Crippen LogP contribution in [0, 0.1) is 0 Å². The molecule has 1 aromatic carbocycles. The number of aryl methyl sites for hydroxylation is 1. The lowest BCUT2D eigenvalue weighted by molar-refractivity contribution is -0.115. The molecule has 0 atom stereocenters. The average Bonchev–Trinajstić information content (AvgIpc) is 2.59. The van der Waals surface area contributed by atoms with E-state index in [2.05, 4.69) is 33.9 Å². The number of carbonyl (C=O) groups excluding carboxylic acids is 1. The van der Waals surface area contributed by atoms with Gasteiger partial charge >= 0.3 is 0 Å². The van der Waals surface area contributed by atoms with Crippen molar-refractivity contribution in [3.63, 3.8) is 0 Å². The molecule has 24 heavy (non-hydrogen) atoms. The van der Waals surface area contributed by atoms with Crippen molar-refractivity contribution < 1.29 is 4.79 Å². The van der Waals surface area contributed by atoms with E-state index >= 15 is 0 Å². The Bertz CT molecular complexity index is 542. The van der Waals surface area contributed by atoms with Crippen LogP contribution in [0.4, 0.5) is 5.69 Å². The molecule has 1 amide bonds. The van der Waals surface area contributed by atoms with E-state index in [0.29, 0.717) is 12.0 Å². The molecule has 5 nitrogen and oxygen atoms in total. The van der Waals surface area contributed by atoms with Gasteiger partial charge < -0.3 is 16.0 Å².